The molecule has 1 heterocycles. The zero-order valence-electron chi connectivity index (χ0n) is 24.6. The molecule has 0 aromatic carbocycles. The van der Waals surface area contributed by atoms with Crippen LogP contribution in [0.25, 0.3) is 0 Å². The van der Waals surface area contributed by atoms with E-state index in [0.29, 0.717) is 0 Å². The second-order valence-corrected chi connectivity index (χ2v) is 13.7. The quantitative estimate of drug-likeness (QED) is 0.202. The van der Waals surface area contributed by atoms with Crippen molar-refractivity contribution in [2.75, 3.05) is 6.61 Å². The number of thiocarbonyl (C=S) groups is 1. The van der Waals surface area contributed by atoms with Crippen LogP contribution >= 0.6 is 12.2 Å². The predicted molar refractivity (Wildman–Crippen MR) is 142 cm³/mol. The molecule has 1 aliphatic rings. The first-order chi connectivity index (χ1) is 17.0. The van der Waals surface area contributed by atoms with Gasteiger partial charge in [-0.2, -0.15) is 4.99 Å². The SMILES string of the molecule is CC(C)(C)C(=O)OC[C@H]1O[C@@H](N=C=S)[C@H](OC(=O)C(C)(C)C)[C@@H](OC(=O)C(C)(C)C)[C@H]1OC(=O)C(C)(C)C. The van der Waals surface area contributed by atoms with E-state index >= 15 is 0 Å². The van der Waals surface area contributed by atoms with E-state index in [1.165, 1.54) is 0 Å². The molecule has 0 aliphatic carbocycles. The molecule has 1 aliphatic heterocycles. The van der Waals surface area contributed by atoms with Crippen LogP contribution in [0.1, 0.15) is 83.1 Å². The van der Waals surface area contributed by atoms with Crippen molar-refractivity contribution in [3.05, 3.63) is 0 Å². The molecule has 1 saturated heterocycles. The zero-order valence-corrected chi connectivity index (χ0v) is 25.4. The number of esters is 4. The van der Waals surface area contributed by atoms with Crippen molar-refractivity contribution in [3.8, 4) is 0 Å². The van der Waals surface area contributed by atoms with Gasteiger partial charge in [-0.05, 0) is 95.3 Å². The normalized spacial score (nSPS) is 24.5. The summed E-state index contributed by atoms with van der Waals surface area (Å²) in [5.74, 6) is -2.44. The highest BCUT2D eigenvalue weighted by molar-refractivity contribution is 7.78. The number of hydrogen-bond donors (Lipinski definition) is 0. The number of hydrogen-bond acceptors (Lipinski definition) is 11. The van der Waals surface area contributed by atoms with Gasteiger partial charge in [0.2, 0.25) is 0 Å². The van der Waals surface area contributed by atoms with Gasteiger partial charge in [-0.15, -0.1) is 0 Å². The van der Waals surface area contributed by atoms with Gasteiger partial charge in [0.05, 0.1) is 26.8 Å². The third-order valence-corrected chi connectivity index (χ3v) is 5.45. The lowest BCUT2D eigenvalue weighted by Crippen LogP contribution is -2.63. The van der Waals surface area contributed by atoms with Crippen molar-refractivity contribution < 1.29 is 42.9 Å². The minimum atomic E-state index is -1.36. The van der Waals surface area contributed by atoms with Gasteiger partial charge in [0.15, 0.2) is 24.5 Å². The first-order valence-corrected chi connectivity index (χ1v) is 12.9. The predicted octanol–water partition coefficient (Wildman–Crippen LogP) is 4.28. The van der Waals surface area contributed by atoms with Gasteiger partial charge >= 0.3 is 23.9 Å². The van der Waals surface area contributed by atoms with Gasteiger partial charge in [-0.1, -0.05) is 0 Å². The number of carbonyl (C=O) groups is 4. The highest BCUT2D eigenvalue weighted by atomic mass is 32.1. The van der Waals surface area contributed by atoms with Crippen molar-refractivity contribution in [1.82, 2.24) is 0 Å². The van der Waals surface area contributed by atoms with Crippen molar-refractivity contribution >= 4 is 41.3 Å². The van der Waals surface area contributed by atoms with Crippen molar-refractivity contribution in [2.45, 2.75) is 114 Å². The van der Waals surface area contributed by atoms with Gasteiger partial charge in [-0.25, -0.2) is 0 Å². The first-order valence-electron chi connectivity index (χ1n) is 12.5. The van der Waals surface area contributed by atoms with Crippen LogP contribution in [0, 0.1) is 21.7 Å². The molecule has 1 fully saturated rings. The lowest BCUT2D eigenvalue weighted by atomic mass is 9.92. The number of rotatable bonds is 6. The van der Waals surface area contributed by atoms with Crippen LogP contribution < -0.4 is 0 Å². The molecular weight excluding hydrogens is 514 g/mol. The zero-order chi connectivity index (χ0) is 29.9. The van der Waals surface area contributed by atoms with E-state index in [1.807, 2.05) is 0 Å². The highest BCUT2D eigenvalue weighted by Crippen LogP contribution is 2.34. The fourth-order valence-electron chi connectivity index (χ4n) is 2.86. The van der Waals surface area contributed by atoms with Crippen molar-refractivity contribution in [3.63, 3.8) is 0 Å². The van der Waals surface area contributed by atoms with Gasteiger partial charge in [0.1, 0.15) is 12.7 Å². The van der Waals surface area contributed by atoms with Crippen LogP contribution in [-0.2, 0) is 42.9 Å². The molecule has 0 saturated carbocycles. The lowest BCUT2D eigenvalue weighted by Gasteiger charge is -2.44. The maximum atomic E-state index is 13.1. The molecule has 0 spiro atoms. The van der Waals surface area contributed by atoms with Gasteiger partial charge in [0, 0.05) is 0 Å². The van der Waals surface area contributed by atoms with Crippen LogP contribution in [0.15, 0.2) is 4.99 Å². The Kier molecular flexibility index (Phi) is 10.8. The summed E-state index contributed by atoms with van der Waals surface area (Å²) in [6.45, 7) is 19.6. The summed E-state index contributed by atoms with van der Waals surface area (Å²) in [6, 6.07) is 0. The summed E-state index contributed by atoms with van der Waals surface area (Å²) in [5.41, 5.74) is -3.64. The molecule has 10 nitrogen and oxygen atoms in total. The van der Waals surface area contributed by atoms with Crippen LogP contribution in [0.2, 0.25) is 0 Å². The van der Waals surface area contributed by atoms with E-state index in [2.05, 4.69) is 10.2 Å². The second-order valence-electron chi connectivity index (χ2n) is 13.5. The Morgan fingerprint density at radius 3 is 1.39 bits per heavy atom. The fraction of sp³-hybridized carbons (Fsp3) is 0.815. The van der Waals surface area contributed by atoms with Gasteiger partial charge in [0.25, 0.3) is 0 Å². The Balaban J connectivity index is 3.67. The summed E-state index contributed by atoms with van der Waals surface area (Å²) in [5, 5.41) is 2.21. The molecule has 0 aromatic heterocycles. The Morgan fingerprint density at radius 1 is 0.658 bits per heavy atom. The largest absolute Gasteiger partial charge is 0.462 e. The maximum Gasteiger partial charge on any atom is 0.311 e. The molecule has 0 N–H and O–H groups in total. The van der Waals surface area contributed by atoms with E-state index in [0.717, 1.165) is 0 Å². The topological polar surface area (TPSA) is 127 Å². The maximum absolute atomic E-state index is 13.1. The third-order valence-electron chi connectivity index (χ3n) is 5.35. The lowest BCUT2D eigenvalue weighted by molar-refractivity contribution is -0.258. The molecule has 1 rings (SSSR count). The third kappa shape index (κ3) is 9.43. The van der Waals surface area contributed by atoms with Crippen molar-refractivity contribution in [1.29, 1.82) is 0 Å². The van der Waals surface area contributed by atoms with E-state index in [9.17, 15) is 19.2 Å². The standard InChI is InChI=1S/C27H43NO9S/c1-24(2,3)20(29)33-13-15-16(35-21(30)25(4,5)6)17(36-22(31)26(7,8)9)18(19(34-15)28-14-38)37-23(32)27(10,11)12/h15-19H,13H2,1-12H3/t15-,16+,17+,18-,19-/m1/s1. The summed E-state index contributed by atoms with van der Waals surface area (Å²) < 4.78 is 28.9. The molecule has 0 unspecified atom stereocenters. The average molecular weight is 558 g/mol. The fourth-order valence-corrected chi connectivity index (χ4v) is 2.97. The molecular formula is C27H43NO9S. The summed E-state index contributed by atoms with van der Waals surface area (Å²) in [7, 11) is 0. The van der Waals surface area contributed by atoms with Crippen LogP contribution in [0.5, 0.6) is 0 Å². The minimum absolute atomic E-state index is 0.356. The van der Waals surface area contributed by atoms with Crippen LogP contribution in [0.3, 0.4) is 0 Å². The molecule has 0 amide bonds. The number of aliphatic imine (C=N–C) groups is 1. The number of carbonyl (C=O) groups excluding carboxylic acids is 4. The molecule has 11 heteroatoms. The van der Waals surface area contributed by atoms with Crippen LogP contribution in [0.4, 0.5) is 0 Å². The number of isothiocyanates is 1. The van der Waals surface area contributed by atoms with E-state index in [4.69, 9.17) is 35.9 Å². The van der Waals surface area contributed by atoms with E-state index < -0.39 is 76.2 Å². The summed E-state index contributed by atoms with van der Waals surface area (Å²) >= 11 is 4.78. The van der Waals surface area contributed by atoms with E-state index in [1.54, 1.807) is 83.1 Å². The Labute approximate surface area is 231 Å². The smallest absolute Gasteiger partial charge is 0.311 e. The number of ether oxygens (including phenoxy) is 5. The molecule has 38 heavy (non-hydrogen) atoms. The monoisotopic (exact) mass is 557 g/mol. The summed E-state index contributed by atoms with van der Waals surface area (Å²) in [4.78, 5) is 55.5. The molecule has 0 bridgehead atoms. The first kappa shape index (κ1) is 33.7. The van der Waals surface area contributed by atoms with Gasteiger partial charge < -0.3 is 23.7 Å². The van der Waals surface area contributed by atoms with Gasteiger partial charge in [-0.3, -0.25) is 19.2 Å². The van der Waals surface area contributed by atoms with Crippen LogP contribution in [-0.4, -0.2) is 66.3 Å². The highest BCUT2D eigenvalue weighted by Gasteiger charge is 2.54. The number of nitrogens with zero attached hydrogens (tertiary/aromatic N) is 1. The average Bonchev–Trinajstić information content (AvgIpc) is 2.73. The minimum Gasteiger partial charge on any atom is -0.462 e. The second kappa shape index (κ2) is 12.2. The molecule has 0 radical (unpaired) electrons. The Morgan fingerprint density at radius 2 is 1.03 bits per heavy atom. The van der Waals surface area contributed by atoms with Crippen molar-refractivity contribution in [2.24, 2.45) is 26.7 Å². The molecule has 5 atom stereocenters. The van der Waals surface area contributed by atoms with E-state index in [-0.39, 0.29) is 6.61 Å². The summed E-state index contributed by atoms with van der Waals surface area (Å²) in [6.07, 6.45) is -6.42. The Hall–Kier alpha value is -2.36. The Bertz CT molecular complexity index is 944. The molecule has 216 valence electrons. The molecule has 0 aromatic rings.